The van der Waals surface area contributed by atoms with Crippen LogP contribution >= 0.6 is 11.3 Å². The van der Waals surface area contributed by atoms with Crippen molar-refractivity contribution in [2.24, 2.45) is 5.92 Å². The number of Topliss-reactive ketones (excluding diaryl/α,β-unsaturated/α-hetero) is 1. The number of carboxylic acids is 1. The quantitative estimate of drug-likeness (QED) is 0.752. The van der Waals surface area contributed by atoms with E-state index in [0.717, 1.165) is 11.3 Å². The van der Waals surface area contributed by atoms with Crippen LogP contribution in [-0.4, -0.2) is 21.8 Å². The Balaban J connectivity index is 2.92. The van der Waals surface area contributed by atoms with Crippen LogP contribution in [0.2, 0.25) is 0 Å². The Hall–Kier alpha value is -1.23. The van der Waals surface area contributed by atoms with Crippen molar-refractivity contribution >= 4 is 23.1 Å². The number of aromatic nitrogens is 1. The van der Waals surface area contributed by atoms with Crippen LogP contribution in [0.15, 0.2) is 6.20 Å². The molecule has 1 heterocycles. The van der Waals surface area contributed by atoms with Crippen LogP contribution in [0.3, 0.4) is 0 Å². The summed E-state index contributed by atoms with van der Waals surface area (Å²) in [6.07, 6.45) is 1.21. The average Bonchev–Trinajstić information content (AvgIpc) is 2.50. The van der Waals surface area contributed by atoms with Crippen molar-refractivity contribution in [2.45, 2.75) is 13.8 Å². The molecule has 0 unspecified atom stereocenters. The van der Waals surface area contributed by atoms with E-state index in [9.17, 15) is 9.59 Å². The molecule has 0 saturated carbocycles. The second-order valence-electron chi connectivity index (χ2n) is 2.85. The molecule has 1 N–H and O–H groups in total. The minimum absolute atomic E-state index is 0.101. The highest BCUT2D eigenvalue weighted by atomic mass is 32.1. The van der Waals surface area contributed by atoms with Crippen molar-refractivity contribution < 1.29 is 14.7 Å². The Morgan fingerprint density at radius 2 is 2.15 bits per heavy atom. The largest absolute Gasteiger partial charge is 0.477 e. The van der Waals surface area contributed by atoms with Crippen molar-refractivity contribution in [2.75, 3.05) is 0 Å². The molecule has 4 nitrogen and oxygen atoms in total. The highest BCUT2D eigenvalue weighted by molar-refractivity contribution is 7.15. The van der Waals surface area contributed by atoms with Crippen molar-refractivity contribution in [1.82, 2.24) is 4.98 Å². The summed E-state index contributed by atoms with van der Waals surface area (Å²) in [5, 5.41) is 8.85. The lowest BCUT2D eigenvalue weighted by Gasteiger charge is -1.97. The minimum Gasteiger partial charge on any atom is -0.477 e. The number of rotatable bonds is 3. The normalized spacial score (nSPS) is 10.4. The standard InChI is InChI=1S/C8H9NO3S/c1-4(2)6(10)7-9-3-5(13-7)8(11)12/h3-4H,1-2H3,(H,11,12). The third-order valence-corrected chi connectivity index (χ3v) is 2.45. The van der Waals surface area contributed by atoms with E-state index >= 15 is 0 Å². The van der Waals surface area contributed by atoms with E-state index in [4.69, 9.17) is 5.11 Å². The maximum Gasteiger partial charge on any atom is 0.347 e. The van der Waals surface area contributed by atoms with E-state index in [1.165, 1.54) is 6.20 Å². The fraction of sp³-hybridized carbons (Fsp3) is 0.375. The molecule has 1 aromatic rings. The zero-order chi connectivity index (χ0) is 10.0. The number of carbonyl (C=O) groups is 2. The summed E-state index contributed by atoms with van der Waals surface area (Å²) in [5.74, 6) is -1.30. The number of thiazole rings is 1. The van der Waals surface area contributed by atoms with Crippen LogP contribution in [-0.2, 0) is 0 Å². The van der Waals surface area contributed by atoms with E-state index in [1.807, 2.05) is 0 Å². The van der Waals surface area contributed by atoms with Crippen LogP contribution in [0.25, 0.3) is 0 Å². The zero-order valence-corrected chi connectivity index (χ0v) is 8.09. The molecular weight excluding hydrogens is 190 g/mol. The first-order valence-corrected chi connectivity index (χ1v) is 4.57. The second-order valence-corrected chi connectivity index (χ2v) is 3.88. The Morgan fingerprint density at radius 3 is 2.54 bits per heavy atom. The van der Waals surface area contributed by atoms with Crippen LogP contribution in [0, 0.1) is 5.92 Å². The van der Waals surface area contributed by atoms with Gasteiger partial charge >= 0.3 is 5.97 Å². The average molecular weight is 199 g/mol. The first-order valence-electron chi connectivity index (χ1n) is 3.75. The van der Waals surface area contributed by atoms with Crippen LogP contribution in [0.4, 0.5) is 0 Å². The molecule has 0 amide bonds. The predicted molar refractivity (Wildman–Crippen MR) is 48.2 cm³/mol. The molecule has 13 heavy (non-hydrogen) atoms. The summed E-state index contributed by atoms with van der Waals surface area (Å²) >= 11 is 0.917. The van der Waals surface area contributed by atoms with Crippen LogP contribution in [0.1, 0.15) is 33.3 Å². The second kappa shape index (κ2) is 3.66. The maximum atomic E-state index is 11.3. The number of hydrogen-bond acceptors (Lipinski definition) is 4. The van der Waals surface area contributed by atoms with Crippen molar-refractivity contribution in [3.63, 3.8) is 0 Å². The van der Waals surface area contributed by atoms with E-state index in [1.54, 1.807) is 13.8 Å². The smallest absolute Gasteiger partial charge is 0.347 e. The van der Waals surface area contributed by atoms with E-state index in [0.29, 0.717) is 0 Å². The Labute approximate surface area is 79.2 Å². The summed E-state index contributed by atoms with van der Waals surface area (Å²) in [4.78, 5) is 25.6. The fourth-order valence-corrected chi connectivity index (χ4v) is 1.58. The van der Waals surface area contributed by atoms with Crippen LogP contribution < -0.4 is 0 Å². The molecule has 0 spiro atoms. The van der Waals surface area contributed by atoms with Gasteiger partial charge in [0, 0.05) is 5.92 Å². The van der Waals surface area contributed by atoms with Crippen molar-refractivity contribution in [1.29, 1.82) is 0 Å². The summed E-state index contributed by atoms with van der Waals surface area (Å²) in [6.45, 7) is 3.51. The molecule has 1 rings (SSSR count). The molecule has 0 aliphatic rings. The number of carbonyl (C=O) groups excluding carboxylic acids is 1. The van der Waals surface area contributed by atoms with E-state index < -0.39 is 5.97 Å². The highest BCUT2D eigenvalue weighted by Gasteiger charge is 2.16. The summed E-state index contributed by atoms with van der Waals surface area (Å²) in [6, 6.07) is 0. The topological polar surface area (TPSA) is 67.3 Å². The molecule has 70 valence electrons. The molecule has 0 aromatic carbocycles. The number of hydrogen-bond donors (Lipinski definition) is 1. The van der Waals surface area contributed by atoms with Gasteiger partial charge in [-0.05, 0) is 0 Å². The number of aromatic carboxylic acids is 1. The van der Waals surface area contributed by atoms with Gasteiger partial charge in [0.15, 0.2) is 10.8 Å². The summed E-state index contributed by atoms with van der Waals surface area (Å²) < 4.78 is 0. The number of carboxylic acid groups (broad SMARTS) is 1. The summed E-state index contributed by atoms with van der Waals surface area (Å²) in [5.41, 5.74) is 0. The molecule has 0 saturated heterocycles. The third-order valence-electron chi connectivity index (χ3n) is 1.45. The zero-order valence-electron chi connectivity index (χ0n) is 7.27. The molecule has 0 bridgehead atoms. The fourth-order valence-electron chi connectivity index (χ4n) is 0.734. The van der Waals surface area contributed by atoms with Gasteiger partial charge < -0.3 is 5.11 Å². The van der Waals surface area contributed by atoms with Gasteiger partial charge in [0.1, 0.15) is 4.88 Å². The SMILES string of the molecule is CC(C)C(=O)c1ncc(C(=O)O)s1. The van der Waals surface area contributed by atoms with Gasteiger partial charge in [-0.2, -0.15) is 0 Å². The van der Waals surface area contributed by atoms with Crippen LogP contribution in [0.5, 0.6) is 0 Å². The van der Waals surface area contributed by atoms with Gasteiger partial charge in [-0.3, -0.25) is 4.79 Å². The Kier molecular flexibility index (Phi) is 2.77. The third kappa shape index (κ3) is 2.12. The van der Waals surface area contributed by atoms with Gasteiger partial charge in [0.2, 0.25) is 0 Å². The van der Waals surface area contributed by atoms with Crippen molar-refractivity contribution in [3.05, 3.63) is 16.1 Å². The molecule has 5 heteroatoms. The molecule has 0 fully saturated rings. The number of ketones is 1. The van der Waals surface area contributed by atoms with Crippen molar-refractivity contribution in [3.8, 4) is 0 Å². The van der Waals surface area contributed by atoms with Gasteiger partial charge in [0.25, 0.3) is 0 Å². The molecule has 0 atom stereocenters. The monoisotopic (exact) mass is 199 g/mol. The lowest BCUT2D eigenvalue weighted by atomic mass is 10.1. The molecule has 0 radical (unpaired) electrons. The van der Waals surface area contributed by atoms with E-state index in [-0.39, 0.29) is 21.6 Å². The van der Waals surface area contributed by atoms with E-state index in [2.05, 4.69) is 4.98 Å². The molecular formula is C8H9NO3S. The lowest BCUT2D eigenvalue weighted by Crippen LogP contribution is -2.06. The lowest BCUT2D eigenvalue weighted by molar-refractivity contribution is 0.0701. The first-order chi connectivity index (χ1) is 6.02. The Bertz CT molecular complexity index is 343. The maximum absolute atomic E-state index is 11.3. The Morgan fingerprint density at radius 1 is 1.54 bits per heavy atom. The summed E-state index contributed by atoms with van der Waals surface area (Å²) in [7, 11) is 0. The molecule has 1 aromatic heterocycles. The van der Waals surface area contributed by atoms with Gasteiger partial charge in [0.05, 0.1) is 6.20 Å². The molecule has 0 aliphatic carbocycles. The van der Waals surface area contributed by atoms with Gasteiger partial charge in [-0.1, -0.05) is 13.8 Å². The van der Waals surface area contributed by atoms with Gasteiger partial charge in [-0.15, -0.1) is 11.3 Å². The predicted octanol–water partition coefficient (Wildman–Crippen LogP) is 1.68. The highest BCUT2D eigenvalue weighted by Crippen LogP contribution is 2.16. The molecule has 0 aliphatic heterocycles. The number of nitrogens with zero attached hydrogens (tertiary/aromatic N) is 1. The first kappa shape index (κ1) is 9.85. The van der Waals surface area contributed by atoms with Gasteiger partial charge in [-0.25, -0.2) is 9.78 Å². The minimum atomic E-state index is -1.04.